The number of alkyl halides is 6. The van der Waals surface area contributed by atoms with Gasteiger partial charge in [-0.05, 0) is 0 Å². The second-order valence-corrected chi connectivity index (χ2v) is 14.5. The van der Waals surface area contributed by atoms with Crippen molar-refractivity contribution in [2.24, 2.45) is 0 Å². The van der Waals surface area contributed by atoms with E-state index in [4.69, 9.17) is 0 Å². The van der Waals surface area contributed by atoms with E-state index in [0.29, 0.717) is 0 Å². The minimum absolute atomic E-state index is 0.375. The molecule has 0 saturated heterocycles. The number of halogens is 6. The van der Waals surface area contributed by atoms with Crippen molar-refractivity contribution in [1.29, 1.82) is 0 Å². The third-order valence-corrected chi connectivity index (χ3v) is 8.68. The van der Waals surface area contributed by atoms with Crippen LogP contribution in [0.4, 0.5) is 0 Å². The van der Waals surface area contributed by atoms with E-state index in [0.717, 1.165) is 0 Å². The monoisotopic (exact) mass is 498 g/mol. The zero-order valence-electron chi connectivity index (χ0n) is 3.27. The first-order valence-corrected chi connectivity index (χ1v) is 6.14. The van der Waals surface area contributed by atoms with E-state index >= 15 is 0 Å². The summed E-state index contributed by atoms with van der Waals surface area (Å²) in [6.07, 6.45) is 0. The van der Waals surface area contributed by atoms with Gasteiger partial charge in [-0.3, -0.25) is 0 Å². The summed E-state index contributed by atoms with van der Waals surface area (Å²) < 4.78 is -0.750. The van der Waals surface area contributed by atoms with E-state index in [1.165, 1.54) is 0 Å². The van der Waals surface area contributed by atoms with E-state index < -0.39 is 0 Å². The maximum atomic E-state index is 3.29. The summed E-state index contributed by atoms with van der Waals surface area (Å²) in [6, 6.07) is 0. The van der Waals surface area contributed by atoms with Crippen molar-refractivity contribution >= 4 is 95.6 Å². The molecule has 0 atom stereocenters. The van der Waals surface area contributed by atoms with Gasteiger partial charge in [0.1, 0.15) is 0 Å². The predicted octanol–water partition coefficient (Wildman–Crippen LogP) is 4.66. The van der Waals surface area contributed by atoms with Crippen LogP contribution in [0.15, 0.2) is 0 Å². The second-order valence-electron chi connectivity index (χ2n) is 0.996. The summed E-state index contributed by atoms with van der Waals surface area (Å²) in [5.74, 6) is 0. The average molecular weight is 503 g/mol. The van der Waals surface area contributed by atoms with Crippen molar-refractivity contribution in [3.05, 3.63) is 0 Å². The molecule has 0 aromatic rings. The highest BCUT2D eigenvalue weighted by Gasteiger charge is 2.40. The van der Waals surface area contributed by atoms with Gasteiger partial charge in [-0.25, -0.2) is 0 Å². The molecule has 0 radical (unpaired) electrons. The molecule has 0 aromatic carbocycles. The highest BCUT2D eigenvalue weighted by Crippen LogP contribution is 2.56. The Hall–Kier alpha value is 2.88. The molecule has 0 unspecified atom stereocenters. The van der Waals surface area contributed by atoms with Gasteiger partial charge in [0.25, 0.3) is 0 Å². The fraction of sp³-hybridized carbons (Fsp3) is 1.00. The van der Waals surface area contributed by atoms with Crippen LogP contribution >= 0.6 is 95.6 Å². The van der Waals surface area contributed by atoms with Crippen LogP contribution in [0.5, 0.6) is 0 Å². The molecular formula is C2Br6. The smallest absolute Gasteiger partial charge is 0.0564 e. The average Bonchev–Trinajstić information content (AvgIpc) is 1.25. The van der Waals surface area contributed by atoms with Crippen LogP contribution in [0.2, 0.25) is 0 Å². The van der Waals surface area contributed by atoms with Crippen molar-refractivity contribution in [2.75, 3.05) is 0 Å². The predicted molar refractivity (Wildman–Crippen MR) is 59.0 cm³/mol. The maximum Gasteiger partial charge on any atom is 0.169 e. The van der Waals surface area contributed by atoms with Gasteiger partial charge in [-0.1, -0.05) is 95.6 Å². The highest BCUT2D eigenvalue weighted by atomic mass is 80.0. The van der Waals surface area contributed by atoms with Gasteiger partial charge in [-0.2, -0.15) is 0 Å². The fourth-order valence-corrected chi connectivity index (χ4v) is 0. The second kappa shape index (κ2) is 3.52. The largest absolute Gasteiger partial charge is 0.169 e. The van der Waals surface area contributed by atoms with Gasteiger partial charge < -0.3 is 0 Å². The quantitative estimate of drug-likeness (QED) is 0.422. The highest BCUT2D eigenvalue weighted by molar-refractivity contribution is 9.46. The molecule has 0 aliphatic rings. The molecule has 0 amide bonds. The molecular weight excluding hydrogens is 503 g/mol. The van der Waals surface area contributed by atoms with E-state index in [1.54, 1.807) is 0 Å². The van der Waals surface area contributed by atoms with E-state index in [2.05, 4.69) is 95.6 Å². The van der Waals surface area contributed by atoms with Crippen LogP contribution in [0.1, 0.15) is 0 Å². The van der Waals surface area contributed by atoms with Crippen LogP contribution in [0, 0.1) is 0 Å². The summed E-state index contributed by atoms with van der Waals surface area (Å²) >= 11 is 19.8. The van der Waals surface area contributed by atoms with Gasteiger partial charge in [-0.15, -0.1) is 0 Å². The van der Waals surface area contributed by atoms with Crippen molar-refractivity contribution in [2.45, 2.75) is 4.29 Å². The molecule has 6 heteroatoms. The molecule has 0 aliphatic heterocycles. The maximum absolute atomic E-state index is 3.29. The number of rotatable bonds is 0. The van der Waals surface area contributed by atoms with Gasteiger partial charge in [0.2, 0.25) is 0 Å². The Morgan fingerprint density at radius 1 is 0.500 bits per heavy atom. The minimum Gasteiger partial charge on any atom is -0.0564 e. The lowest BCUT2D eigenvalue weighted by atomic mass is 11.0. The Morgan fingerprint density at radius 2 is 0.625 bits per heavy atom. The zero-order chi connectivity index (χ0) is 7.00. The van der Waals surface area contributed by atoms with Gasteiger partial charge >= 0.3 is 0 Å². The van der Waals surface area contributed by atoms with Crippen LogP contribution < -0.4 is 0 Å². The standard InChI is InChI=1S/C2Br6/c3-1(4,5)2(6,7)8. The van der Waals surface area contributed by atoms with Crippen molar-refractivity contribution in [3.8, 4) is 0 Å². The summed E-state index contributed by atoms with van der Waals surface area (Å²) in [5, 5.41) is 0. The molecule has 0 aromatic heterocycles. The first-order valence-electron chi connectivity index (χ1n) is 1.38. The lowest BCUT2D eigenvalue weighted by Crippen LogP contribution is -2.19. The summed E-state index contributed by atoms with van der Waals surface area (Å²) in [5.41, 5.74) is 0. The van der Waals surface area contributed by atoms with Crippen LogP contribution in [0.3, 0.4) is 0 Å². The molecule has 50 valence electrons. The van der Waals surface area contributed by atoms with Crippen molar-refractivity contribution in [3.63, 3.8) is 0 Å². The number of hydrogen-bond acceptors (Lipinski definition) is 0. The third-order valence-electron chi connectivity index (χ3n) is 0.321. The van der Waals surface area contributed by atoms with E-state index in [-0.39, 0.29) is 4.29 Å². The SMILES string of the molecule is BrC(Br)(Br)C(Br)(Br)Br. The number of hydrogen-bond donors (Lipinski definition) is 0. The topological polar surface area (TPSA) is 0 Å². The Labute approximate surface area is 98.3 Å². The van der Waals surface area contributed by atoms with E-state index in [1.807, 2.05) is 0 Å². The molecule has 0 bridgehead atoms. The Bertz CT molecular complexity index is 61.5. The van der Waals surface area contributed by atoms with Crippen LogP contribution in [-0.4, -0.2) is 4.29 Å². The zero-order valence-corrected chi connectivity index (χ0v) is 12.8. The van der Waals surface area contributed by atoms with E-state index in [9.17, 15) is 0 Å². The molecule has 0 heterocycles. The molecule has 0 spiro atoms. The Morgan fingerprint density at radius 3 is 0.625 bits per heavy atom. The van der Waals surface area contributed by atoms with Crippen molar-refractivity contribution < 1.29 is 0 Å². The van der Waals surface area contributed by atoms with Crippen LogP contribution in [-0.2, 0) is 0 Å². The van der Waals surface area contributed by atoms with Crippen molar-refractivity contribution in [1.82, 2.24) is 0 Å². The molecule has 0 fully saturated rings. The fourth-order valence-electron chi connectivity index (χ4n) is 0. The third kappa shape index (κ3) is 3.91. The Kier molecular flexibility index (Phi) is 4.79. The molecule has 8 heavy (non-hydrogen) atoms. The Balaban J connectivity index is 4.02. The molecule has 0 rings (SSSR count). The lowest BCUT2D eigenvalue weighted by Gasteiger charge is -2.22. The summed E-state index contributed by atoms with van der Waals surface area (Å²) in [7, 11) is 0. The minimum atomic E-state index is -0.375. The van der Waals surface area contributed by atoms with Crippen LogP contribution in [0.25, 0.3) is 0 Å². The van der Waals surface area contributed by atoms with Gasteiger partial charge in [0.15, 0.2) is 4.29 Å². The summed E-state index contributed by atoms with van der Waals surface area (Å²) in [4.78, 5) is 0. The van der Waals surface area contributed by atoms with Gasteiger partial charge in [0, 0.05) is 0 Å². The first-order chi connectivity index (χ1) is 3.25. The summed E-state index contributed by atoms with van der Waals surface area (Å²) in [6.45, 7) is 0. The molecule has 0 saturated carbocycles. The first kappa shape index (κ1) is 10.9. The molecule has 0 N–H and O–H groups in total. The van der Waals surface area contributed by atoms with Gasteiger partial charge in [0.05, 0.1) is 0 Å². The normalized spacial score (nSPS) is 14.2. The lowest BCUT2D eigenvalue weighted by molar-refractivity contribution is 1.34. The molecule has 0 nitrogen and oxygen atoms in total. The molecule has 0 aliphatic carbocycles.